The van der Waals surface area contributed by atoms with Gasteiger partial charge >= 0.3 is 6.09 Å². The molecule has 1 amide bonds. The Morgan fingerprint density at radius 2 is 1.79 bits per heavy atom. The third-order valence-electron chi connectivity index (χ3n) is 7.28. The number of nitrogens with one attached hydrogen (secondary N) is 1. The quantitative estimate of drug-likeness (QED) is 0.317. The van der Waals surface area contributed by atoms with Crippen LogP contribution >= 0.6 is 11.3 Å². The van der Waals surface area contributed by atoms with Crippen molar-refractivity contribution in [3.05, 3.63) is 66.2 Å². The van der Waals surface area contributed by atoms with Crippen LogP contribution in [0, 0.1) is 11.8 Å². The highest BCUT2D eigenvalue weighted by molar-refractivity contribution is 7.13. The van der Waals surface area contributed by atoms with Gasteiger partial charge in [-0.2, -0.15) is 0 Å². The molecule has 1 aromatic heterocycles. The number of ether oxygens (including phenoxy) is 2. The molecular formula is C27H32N3O3S+. The molecule has 2 bridgehead atoms. The van der Waals surface area contributed by atoms with Crippen molar-refractivity contribution < 1.29 is 18.8 Å². The highest BCUT2D eigenvalue weighted by Gasteiger charge is 2.45. The summed E-state index contributed by atoms with van der Waals surface area (Å²) >= 11 is 1.51. The highest BCUT2D eigenvalue weighted by Crippen LogP contribution is 2.38. The van der Waals surface area contributed by atoms with Crippen LogP contribution in [0.5, 0.6) is 5.75 Å². The second-order valence-corrected chi connectivity index (χ2v) is 10.3. The number of hydrogen-bond acceptors (Lipinski definition) is 5. The molecule has 3 saturated heterocycles. The number of carbonyl (C=O) groups is 1. The predicted octanol–water partition coefficient (Wildman–Crippen LogP) is 5.68. The topological polar surface area (TPSA) is 60.5 Å². The van der Waals surface area contributed by atoms with Gasteiger partial charge < -0.3 is 14.0 Å². The second kappa shape index (κ2) is 10.6. The molecule has 4 heterocycles. The fourth-order valence-electron chi connectivity index (χ4n) is 5.49. The summed E-state index contributed by atoms with van der Waals surface area (Å²) in [6.45, 7) is 5.91. The number of hydrogen-bond donors (Lipinski definition) is 1. The lowest BCUT2D eigenvalue weighted by Gasteiger charge is -2.52. The van der Waals surface area contributed by atoms with E-state index in [1.165, 1.54) is 37.3 Å². The zero-order chi connectivity index (χ0) is 23.2. The number of nitrogens with zero attached hydrogens (tertiary/aromatic N) is 2. The summed E-state index contributed by atoms with van der Waals surface area (Å²) in [7, 11) is 0. The van der Waals surface area contributed by atoms with E-state index in [-0.39, 0.29) is 0 Å². The first-order chi connectivity index (χ1) is 16.7. The average molecular weight is 479 g/mol. The summed E-state index contributed by atoms with van der Waals surface area (Å²) in [6.07, 6.45) is 3.07. The molecule has 3 aromatic rings. The Hall–Kier alpha value is -2.90. The molecule has 0 saturated carbocycles. The maximum Gasteiger partial charge on any atom is 0.412 e. The predicted molar refractivity (Wildman–Crippen MR) is 135 cm³/mol. The van der Waals surface area contributed by atoms with E-state index in [1.807, 2.05) is 60.7 Å². The van der Waals surface area contributed by atoms with Crippen LogP contribution in [0.25, 0.3) is 10.4 Å². The van der Waals surface area contributed by atoms with Crippen LogP contribution in [0.4, 0.5) is 10.6 Å². The number of carbonyl (C=O) groups excluding carboxylic acids is 1. The smallest absolute Gasteiger partial charge is 0.412 e. The average Bonchev–Trinajstić information content (AvgIpc) is 3.35. The van der Waals surface area contributed by atoms with Crippen molar-refractivity contribution in [1.82, 2.24) is 4.98 Å². The van der Waals surface area contributed by atoms with E-state index >= 15 is 0 Å². The van der Waals surface area contributed by atoms with Crippen molar-refractivity contribution in [2.45, 2.75) is 19.3 Å². The summed E-state index contributed by atoms with van der Waals surface area (Å²) in [5.41, 5.74) is 2.79. The Labute approximate surface area is 205 Å². The van der Waals surface area contributed by atoms with Gasteiger partial charge in [0.25, 0.3) is 0 Å². The lowest BCUT2D eigenvalue weighted by molar-refractivity contribution is -0.947. The third-order valence-corrected chi connectivity index (χ3v) is 8.15. The first-order valence-electron chi connectivity index (χ1n) is 12.2. The van der Waals surface area contributed by atoms with Crippen LogP contribution in [0.3, 0.4) is 0 Å². The van der Waals surface area contributed by atoms with Gasteiger partial charge in [0.1, 0.15) is 12.4 Å². The molecule has 178 valence electrons. The SMILES string of the molecule is O=C(Nc1ncsc1-c1ccccc1)OCC1C[N+]2(CCCOc3ccccc3)CCC1CC2. The van der Waals surface area contributed by atoms with E-state index in [2.05, 4.69) is 10.3 Å². The molecule has 0 aliphatic carbocycles. The van der Waals surface area contributed by atoms with Gasteiger partial charge in [-0.15, -0.1) is 11.3 Å². The number of aromatic nitrogens is 1. The van der Waals surface area contributed by atoms with Gasteiger partial charge in [0, 0.05) is 25.2 Å². The number of rotatable bonds is 9. The molecule has 2 aromatic carbocycles. The Balaban J connectivity index is 1.10. The summed E-state index contributed by atoms with van der Waals surface area (Å²) < 4.78 is 12.7. The minimum Gasteiger partial charge on any atom is -0.493 e. The summed E-state index contributed by atoms with van der Waals surface area (Å²) in [6, 6.07) is 20.0. The van der Waals surface area contributed by atoms with Gasteiger partial charge in [0.15, 0.2) is 5.82 Å². The Bertz CT molecular complexity index is 1060. The molecule has 3 aliphatic heterocycles. The van der Waals surface area contributed by atoms with Crippen molar-refractivity contribution in [1.29, 1.82) is 0 Å². The van der Waals surface area contributed by atoms with Crippen LogP contribution < -0.4 is 10.1 Å². The van der Waals surface area contributed by atoms with Crippen LogP contribution in [-0.2, 0) is 4.74 Å². The molecule has 34 heavy (non-hydrogen) atoms. The highest BCUT2D eigenvalue weighted by atomic mass is 32.1. The lowest BCUT2D eigenvalue weighted by atomic mass is 9.77. The van der Waals surface area contributed by atoms with Gasteiger partial charge in [-0.1, -0.05) is 48.5 Å². The maximum absolute atomic E-state index is 12.6. The molecule has 3 aliphatic rings. The van der Waals surface area contributed by atoms with Gasteiger partial charge in [-0.3, -0.25) is 5.32 Å². The van der Waals surface area contributed by atoms with Crippen LogP contribution in [0.15, 0.2) is 66.2 Å². The summed E-state index contributed by atoms with van der Waals surface area (Å²) in [5.74, 6) is 2.59. The van der Waals surface area contributed by atoms with Crippen molar-refractivity contribution in [3.8, 4) is 16.2 Å². The molecule has 0 radical (unpaired) electrons. The van der Waals surface area contributed by atoms with Crippen molar-refractivity contribution >= 4 is 23.2 Å². The number of fused-ring (bicyclic) bond motifs is 3. The molecule has 0 spiro atoms. The van der Waals surface area contributed by atoms with Gasteiger partial charge in [-0.05, 0) is 23.6 Å². The number of piperidine rings is 3. The Morgan fingerprint density at radius 3 is 2.56 bits per heavy atom. The molecule has 1 N–H and O–H groups in total. The van der Waals surface area contributed by atoms with Gasteiger partial charge in [0.2, 0.25) is 0 Å². The molecule has 3 fully saturated rings. The molecule has 6 rings (SSSR count). The Kier molecular flexibility index (Phi) is 7.11. The number of para-hydroxylation sites is 1. The molecule has 6 nitrogen and oxygen atoms in total. The maximum atomic E-state index is 12.6. The Morgan fingerprint density at radius 1 is 1.06 bits per heavy atom. The number of quaternary nitrogens is 1. The number of benzene rings is 2. The number of amides is 1. The van der Waals surface area contributed by atoms with E-state index in [1.54, 1.807) is 5.51 Å². The van der Waals surface area contributed by atoms with Crippen LogP contribution in [0.2, 0.25) is 0 Å². The van der Waals surface area contributed by atoms with Crippen molar-refractivity contribution in [2.24, 2.45) is 11.8 Å². The lowest BCUT2D eigenvalue weighted by Crippen LogP contribution is -2.63. The zero-order valence-corrected chi connectivity index (χ0v) is 20.2. The standard InChI is InChI=1S/C27H31N3O3S/c31-27(29-26-25(34-20-28-26)22-8-3-1-4-9-22)33-19-23-18-30(15-12-21(23)13-16-30)14-7-17-32-24-10-5-2-6-11-24/h1-6,8-11,20-21,23H,7,12-19H2/p+1. The van der Waals surface area contributed by atoms with E-state index in [9.17, 15) is 4.79 Å². The number of anilines is 1. The summed E-state index contributed by atoms with van der Waals surface area (Å²) in [4.78, 5) is 17.9. The van der Waals surface area contributed by atoms with Gasteiger partial charge in [-0.25, -0.2) is 9.78 Å². The molecule has 1 atom stereocenters. The minimum absolute atomic E-state index is 0.415. The minimum atomic E-state index is -0.415. The summed E-state index contributed by atoms with van der Waals surface area (Å²) in [5, 5.41) is 2.86. The second-order valence-electron chi connectivity index (χ2n) is 9.43. The van der Waals surface area contributed by atoms with E-state index < -0.39 is 6.09 Å². The van der Waals surface area contributed by atoms with Crippen molar-refractivity contribution in [2.75, 3.05) is 44.7 Å². The largest absolute Gasteiger partial charge is 0.493 e. The number of thiazole rings is 1. The molecular weight excluding hydrogens is 446 g/mol. The third kappa shape index (κ3) is 5.42. The first kappa shape index (κ1) is 22.9. The van der Waals surface area contributed by atoms with Crippen LogP contribution in [-0.4, -0.2) is 55.0 Å². The molecule has 7 heteroatoms. The van der Waals surface area contributed by atoms with E-state index in [0.29, 0.717) is 24.3 Å². The fraction of sp³-hybridized carbons (Fsp3) is 0.407. The monoisotopic (exact) mass is 478 g/mol. The van der Waals surface area contributed by atoms with Crippen LogP contribution in [0.1, 0.15) is 19.3 Å². The zero-order valence-electron chi connectivity index (χ0n) is 19.4. The fourth-order valence-corrected chi connectivity index (χ4v) is 6.24. The van der Waals surface area contributed by atoms with Crippen molar-refractivity contribution in [3.63, 3.8) is 0 Å². The normalized spacial score (nSPS) is 23.4. The van der Waals surface area contributed by atoms with E-state index in [0.717, 1.165) is 46.8 Å². The molecule has 1 unspecified atom stereocenters. The first-order valence-corrected chi connectivity index (χ1v) is 13.0. The van der Waals surface area contributed by atoms with E-state index in [4.69, 9.17) is 9.47 Å². The van der Waals surface area contributed by atoms with Gasteiger partial charge in [0.05, 0.1) is 43.2 Å².